The Balaban J connectivity index is 1.46. The number of nitrogens with one attached hydrogen (secondary N) is 2. The minimum atomic E-state index is -0.991. The van der Waals surface area contributed by atoms with Crippen LogP contribution in [0.1, 0.15) is 31.7 Å². The summed E-state index contributed by atoms with van der Waals surface area (Å²) >= 11 is 0. The summed E-state index contributed by atoms with van der Waals surface area (Å²) in [5.41, 5.74) is 4.96. The van der Waals surface area contributed by atoms with Gasteiger partial charge in [0.1, 0.15) is 12.0 Å². The number of fused-ring (bicyclic) bond motifs is 1. The lowest BCUT2D eigenvalue weighted by Crippen LogP contribution is -2.26. The maximum absolute atomic E-state index is 13.0. The Morgan fingerprint density at radius 3 is 3.07 bits per heavy atom. The van der Waals surface area contributed by atoms with Crippen molar-refractivity contribution in [1.29, 1.82) is 0 Å². The molecule has 4 nitrogen and oxygen atoms in total. The van der Waals surface area contributed by atoms with Crippen molar-refractivity contribution in [2.75, 3.05) is 11.5 Å². The monoisotopic (exact) mass is 397 g/mol. The SMILES string of the molecule is C=CCCC1C=C(C)C(C2=Cc3cnc(NC(=O)C4CC4F)cc3PC2)=CN1. The van der Waals surface area contributed by atoms with Gasteiger partial charge in [0.25, 0.3) is 0 Å². The van der Waals surface area contributed by atoms with Crippen molar-refractivity contribution in [2.45, 2.75) is 38.4 Å². The first-order chi connectivity index (χ1) is 13.5. The number of anilines is 1. The summed E-state index contributed by atoms with van der Waals surface area (Å²) in [7, 11) is 0.617. The van der Waals surface area contributed by atoms with Crippen LogP contribution in [-0.2, 0) is 4.79 Å². The number of halogens is 1. The normalized spacial score (nSPS) is 26.4. The zero-order chi connectivity index (χ0) is 19.7. The topological polar surface area (TPSA) is 54.0 Å². The maximum Gasteiger partial charge on any atom is 0.231 e. The van der Waals surface area contributed by atoms with E-state index >= 15 is 0 Å². The van der Waals surface area contributed by atoms with Crippen molar-refractivity contribution in [1.82, 2.24) is 10.3 Å². The summed E-state index contributed by atoms with van der Waals surface area (Å²) < 4.78 is 13.0. The van der Waals surface area contributed by atoms with Crippen molar-refractivity contribution in [2.24, 2.45) is 5.92 Å². The third kappa shape index (κ3) is 4.10. The molecular formula is C22H25FN3OP. The predicted molar refractivity (Wildman–Crippen MR) is 115 cm³/mol. The zero-order valence-corrected chi connectivity index (χ0v) is 17.0. The first kappa shape index (κ1) is 19.1. The van der Waals surface area contributed by atoms with Gasteiger partial charge in [0.15, 0.2) is 0 Å². The molecule has 6 heteroatoms. The van der Waals surface area contributed by atoms with Crippen molar-refractivity contribution in [3.8, 4) is 0 Å². The lowest BCUT2D eigenvalue weighted by Gasteiger charge is -2.25. The molecule has 0 radical (unpaired) electrons. The minimum Gasteiger partial charge on any atom is -0.384 e. The fourth-order valence-electron chi connectivity index (χ4n) is 3.61. The van der Waals surface area contributed by atoms with Crippen LogP contribution in [0.15, 0.2) is 53.9 Å². The molecule has 146 valence electrons. The van der Waals surface area contributed by atoms with Gasteiger partial charge in [0, 0.05) is 24.0 Å². The average Bonchev–Trinajstić information content (AvgIpc) is 3.43. The standard InChI is InChI=1S/C22H25FN3OP/c1-3-4-5-16-6-13(2)18(11-24-16)15-7-14-10-25-21(9-20(14)28-12-15)26-22(27)17-8-19(17)23/h3,6-7,9-11,16-17,19,24,28H,1,4-5,8,12H2,2H3,(H,25,26,27). The van der Waals surface area contributed by atoms with Crippen LogP contribution in [0.3, 0.4) is 0 Å². The van der Waals surface area contributed by atoms with Gasteiger partial charge in [-0.05, 0) is 66.5 Å². The van der Waals surface area contributed by atoms with E-state index < -0.39 is 12.1 Å². The Morgan fingerprint density at radius 2 is 2.36 bits per heavy atom. The second-order valence-corrected chi connectivity index (χ2v) is 8.82. The Hall–Kier alpha value is -2.26. The molecule has 1 aromatic heterocycles. The number of amides is 1. The summed E-state index contributed by atoms with van der Waals surface area (Å²) in [4.78, 5) is 16.3. The molecule has 1 aromatic rings. The van der Waals surface area contributed by atoms with Crippen LogP contribution in [0.2, 0.25) is 0 Å². The molecule has 0 saturated heterocycles. The van der Waals surface area contributed by atoms with Gasteiger partial charge in [-0.15, -0.1) is 6.58 Å². The zero-order valence-electron chi connectivity index (χ0n) is 16.0. The highest BCUT2D eigenvalue weighted by Gasteiger charge is 2.43. The highest BCUT2D eigenvalue weighted by atomic mass is 31.1. The molecule has 0 spiro atoms. The summed E-state index contributed by atoms with van der Waals surface area (Å²) in [5.74, 6) is -0.241. The maximum atomic E-state index is 13.0. The van der Waals surface area contributed by atoms with Gasteiger partial charge in [0.05, 0.1) is 5.92 Å². The van der Waals surface area contributed by atoms with Crippen LogP contribution >= 0.6 is 8.58 Å². The molecule has 4 atom stereocenters. The molecule has 4 unspecified atom stereocenters. The smallest absolute Gasteiger partial charge is 0.231 e. The Kier molecular flexibility index (Phi) is 5.45. The second-order valence-electron chi connectivity index (χ2n) is 7.57. The van der Waals surface area contributed by atoms with Crippen LogP contribution in [-0.4, -0.2) is 29.3 Å². The van der Waals surface area contributed by atoms with Crippen LogP contribution in [0.25, 0.3) is 6.08 Å². The van der Waals surface area contributed by atoms with Gasteiger partial charge < -0.3 is 10.6 Å². The van der Waals surface area contributed by atoms with Crippen molar-refractivity contribution < 1.29 is 9.18 Å². The summed E-state index contributed by atoms with van der Waals surface area (Å²) in [5, 5.41) is 7.42. The Bertz CT molecular complexity index is 905. The van der Waals surface area contributed by atoms with Gasteiger partial charge in [0.2, 0.25) is 5.91 Å². The van der Waals surface area contributed by atoms with E-state index in [1.165, 1.54) is 22.0 Å². The van der Waals surface area contributed by atoms with E-state index in [0.29, 0.717) is 26.9 Å². The molecule has 0 aromatic carbocycles. The van der Waals surface area contributed by atoms with E-state index in [0.717, 1.165) is 24.6 Å². The van der Waals surface area contributed by atoms with Crippen molar-refractivity contribution in [3.05, 3.63) is 59.5 Å². The summed E-state index contributed by atoms with van der Waals surface area (Å²) in [6, 6.07) is 2.29. The quantitative estimate of drug-likeness (QED) is 0.566. The van der Waals surface area contributed by atoms with Crippen molar-refractivity contribution in [3.63, 3.8) is 0 Å². The molecule has 2 N–H and O–H groups in total. The number of hydrogen-bond donors (Lipinski definition) is 2. The number of allylic oxidation sites excluding steroid dienone is 4. The van der Waals surface area contributed by atoms with Crippen LogP contribution in [0, 0.1) is 5.92 Å². The van der Waals surface area contributed by atoms with E-state index in [1.807, 2.05) is 12.1 Å². The third-order valence-electron chi connectivity index (χ3n) is 5.38. The third-order valence-corrected chi connectivity index (χ3v) is 6.75. The van der Waals surface area contributed by atoms with E-state index in [-0.39, 0.29) is 5.91 Å². The molecule has 2 aliphatic heterocycles. The van der Waals surface area contributed by atoms with Crippen LogP contribution < -0.4 is 15.9 Å². The number of rotatable bonds is 6. The molecule has 1 saturated carbocycles. The number of carbonyl (C=O) groups excluding carboxylic acids is 1. The highest BCUT2D eigenvalue weighted by Crippen LogP contribution is 2.36. The second kappa shape index (κ2) is 8.00. The number of alkyl halides is 1. The number of nitrogens with zero attached hydrogens (tertiary/aromatic N) is 1. The van der Waals surface area contributed by atoms with Gasteiger partial charge in [-0.3, -0.25) is 4.79 Å². The molecule has 3 aliphatic rings. The number of pyridine rings is 1. The van der Waals surface area contributed by atoms with Gasteiger partial charge in [-0.1, -0.05) is 20.7 Å². The predicted octanol–water partition coefficient (Wildman–Crippen LogP) is 3.85. The largest absolute Gasteiger partial charge is 0.384 e. The minimum absolute atomic E-state index is 0.263. The molecule has 1 amide bonds. The van der Waals surface area contributed by atoms with E-state index in [9.17, 15) is 9.18 Å². The molecule has 4 rings (SSSR count). The molecule has 3 heterocycles. The highest BCUT2D eigenvalue weighted by molar-refractivity contribution is 7.47. The first-order valence-corrected chi connectivity index (χ1v) is 10.9. The Morgan fingerprint density at radius 1 is 1.54 bits per heavy atom. The van der Waals surface area contributed by atoms with Crippen LogP contribution in [0.4, 0.5) is 10.2 Å². The molecule has 1 aliphatic carbocycles. The first-order valence-electron chi connectivity index (χ1n) is 9.71. The van der Waals surface area contributed by atoms with Gasteiger partial charge in [-0.2, -0.15) is 0 Å². The average molecular weight is 397 g/mol. The van der Waals surface area contributed by atoms with E-state index in [2.05, 4.69) is 47.5 Å². The lowest BCUT2D eigenvalue weighted by atomic mass is 9.94. The molecule has 28 heavy (non-hydrogen) atoms. The molecular weight excluding hydrogens is 372 g/mol. The van der Waals surface area contributed by atoms with Crippen LogP contribution in [0.5, 0.6) is 0 Å². The van der Waals surface area contributed by atoms with E-state index in [4.69, 9.17) is 0 Å². The number of hydrogen-bond acceptors (Lipinski definition) is 3. The molecule has 0 bridgehead atoms. The summed E-state index contributed by atoms with van der Waals surface area (Å²) in [6.45, 7) is 5.96. The van der Waals surface area contributed by atoms with E-state index in [1.54, 1.807) is 6.20 Å². The van der Waals surface area contributed by atoms with Crippen molar-refractivity contribution >= 4 is 31.7 Å². The number of aromatic nitrogens is 1. The number of carbonyl (C=O) groups is 1. The fraction of sp³-hybridized carbons (Fsp3) is 0.364. The molecule has 1 fully saturated rings. The Labute approximate surface area is 166 Å². The van der Waals surface area contributed by atoms with Gasteiger partial charge in [-0.25, -0.2) is 9.37 Å². The van der Waals surface area contributed by atoms with Gasteiger partial charge >= 0.3 is 0 Å². The lowest BCUT2D eigenvalue weighted by molar-refractivity contribution is -0.117. The fourth-order valence-corrected chi connectivity index (χ4v) is 4.87. The summed E-state index contributed by atoms with van der Waals surface area (Å²) in [6.07, 6.45) is 12.7. The number of dihydropyridines is 1.